The summed E-state index contributed by atoms with van der Waals surface area (Å²) in [5.74, 6) is -0.457. The molecule has 3 heteroatoms. The minimum Gasteiger partial charge on any atom is -0.356 e. The first-order valence-corrected chi connectivity index (χ1v) is 3.88. The van der Waals surface area contributed by atoms with E-state index in [1.807, 2.05) is 0 Å². The number of nitrogens with one attached hydrogen (secondary N) is 1. The fraction of sp³-hybridized carbons (Fsp3) is 0.100. The summed E-state index contributed by atoms with van der Waals surface area (Å²) >= 11 is 0. The van der Waals surface area contributed by atoms with Gasteiger partial charge in [0, 0.05) is 13.1 Å². The van der Waals surface area contributed by atoms with Gasteiger partial charge in [0.05, 0.1) is 0 Å². The molecule has 1 N–H and O–H groups in total. The predicted octanol–water partition coefficient (Wildman–Crippen LogP) is 1.58. The Morgan fingerprint density at radius 2 is 2.00 bits per heavy atom. The summed E-state index contributed by atoms with van der Waals surface area (Å²) < 4.78 is 12.4. The van der Waals surface area contributed by atoms with Crippen LogP contribution in [-0.4, -0.2) is 13.0 Å². The normalized spacial score (nSPS) is 10.3. The zero-order valence-electron chi connectivity index (χ0n) is 7.25. The van der Waals surface area contributed by atoms with E-state index < -0.39 is 0 Å². The van der Waals surface area contributed by atoms with E-state index in [9.17, 15) is 9.18 Å². The minimum absolute atomic E-state index is 0.177. The second-order valence-electron chi connectivity index (χ2n) is 2.50. The van der Waals surface area contributed by atoms with Crippen molar-refractivity contribution >= 4 is 12.0 Å². The van der Waals surface area contributed by atoms with Crippen LogP contribution < -0.4 is 5.32 Å². The Morgan fingerprint density at radius 1 is 1.38 bits per heavy atom. The average molecular weight is 179 g/mol. The van der Waals surface area contributed by atoms with Gasteiger partial charge in [-0.1, -0.05) is 12.1 Å². The van der Waals surface area contributed by atoms with Crippen LogP contribution in [0.4, 0.5) is 4.39 Å². The van der Waals surface area contributed by atoms with Crippen molar-refractivity contribution in [3.05, 3.63) is 41.7 Å². The van der Waals surface area contributed by atoms with Crippen LogP contribution in [0.5, 0.6) is 0 Å². The molecule has 0 aliphatic carbocycles. The number of halogens is 1. The molecule has 0 spiro atoms. The van der Waals surface area contributed by atoms with Gasteiger partial charge in [-0.3, -0.25) is 4.79 Å². The Kier molecular flexibility index (Phi) is 3.20. The maximum absolute atomic E-state index is 12.4. The van der Waals surface area contributed by atoms with E-state index in [4.69, 9.17) is 0 Å². The lowest BCUT2D eigenvalue weighted by molar-refractivity contribution is -0.115. The zero-order valence-corrected chi connectivity index (χ0v) is 7.25. The first kappa shape index (κ1) is 9.45. The van der Waals surface area contributed by atoms with E-state index in [2.05, 4.69) is 5.32 Å². The van der Waals surface area contributed by atoms with Crippen molar-refractivity contribution in [2.45, 2.75) is 0 Å². The number of benzene rings is 1. The number of carbonyl (C=O) groups is 1. The molecule has 0 aliphatic heterocycles. The van der Waals surface area contributed by atoms with Gasteiger partial charge in [0.2, 0.25) is 5.91 Å². The first-order chi connectivity index (χ1) is 6.22. The largest absolute Gasteiger partial charge is 0.356 e. The van der Waals surface area contributed by atoms with E-state index in [0.717, 1.165) is 5.56 Å². The zero-order chi connectivity index (χ0) is 9.68. The third-order valence-corrected chi connectivity index (χ3v) is 1.54. The lowest BCUT2D eigenvalue weighted by Crippen LogP contribution is -2.13. The smallest absolute Gasteiger partial charge is 0.243 e. The number of rotatable bonds is 2. The second-order valence-corrected chi connectivity index (χ2v) is 2.50. The summed E-state index contributed by atoms with van der Waals surface area (Å²) in [7, 11) is 1.55. The van der Waals surface area contributed by atoms with Crippen LogP contribution in [0.2, 0.25) is 0 Å². The molecule has 0 saturated carbocycles. The Bertz CT molecular complexity index is 316. The molecule has 1 aromatic carbocycles. The second kappa shape index (κ2) is 4.40. The molecule has 0 bridgehead atoms. The van der Waals surface area contributed by atoms with E-state index in [0.29, 0.717) is 0 Å². The average Bonchev–Trinajstić information content (AvgIpc) is 2.16. The molecule has 68 valence electrons. The summed E-state index contributed by atoms with van der Waals surface area (Å²) in [6.45, 7) is 0. The van der Waals surface area contributed by atoms with E-state index in [1.54, 1.807) is 25.3 Å². The molecule has 13 heavy (non-hydrogen) atoms. The molecule has 0 unspecified atom stereocenters. The minimum atomic E-state index is -0.280. The third kappa shape index (κ3) is 3.07. The van der Waals surface area contributed by atoms with Crippen LogP contribution in [0.3, 0.4) is 0 Å². The molecule has 0 atom stereocenters. The fourth-order valence-corrected chi connectivity index (χ4v) is 0.829. The van der Waals surface area contributed by atoms with Crippen molar-refractivity contribution in [1.82, 2.24) is 5.32 Å². The highest BCUT2D eigenvalue weighted by molar-refractivity contribution is 5.91. The quantitative estimate of drug-likeness (QED) is 0.686. The van der Waals surface area contributed by atoms with Crippen LogP contribution >= 0.6 is 0 Å². The van der Waals surface area contributed by atoms with Gasteiger partial charge >= 0.3 is 0 Å². The molecular weight excluding hydrogens is 169 g/mol. The molecule has 1 rings (SSSR count). The highest BCUT2D eigenvalue weighted by Crippen LogP contribution is 2.04. The molecule has 0 aliphatic rings. The Morgan fingerprint density at radius 3 is 2.54 bits per heavy atom. The van der Waals surface area contributed by atoms with Crippen LogP contribution in [0.1, 0.15) is 5.56 Å². The predicted molar refractivity (Wildman–Crippen MR) is 49.5 cm³/mol. The van der Waals surface area contributed by atoms with Gasteiger partial charge in [-0.2, -0.15) is 0 Å². The molecule has 0 saturated heterocycles. The fourth-order valence-electron chi connectivity index (χ4n) is 0.829. The number of likely N-dealkylation sites (N-methyl/N-ethyl adjacent to an activating group) is 1. The third-order valence-electron chi connectivity index (χ3n) is 1.54. The highest BCUT2D eigenvalue weighted by Gasteiger charge is 1.90. The molecule has 1 aromatic rings. The maximum atomic E-state index is 12.4. The van der Waals surface area contributed by atoms with Gasteiger partial charge in [0.15, 0.2) is 0 Å². The van der Waals surface area contributed by atoms with E-state index >= 15 is 0 Å². The molecular formula is C10H10FNO. The molecule has 0 aromatic heterocycles. The number of hydrogen-bond donors (Lipinski definition) is 1. The van der Waals surface area contributed by atoms with Gasteiger partial charge in [0.1, 0.15) is 5.82 Å². The van der Waals surface area contributed by atoms with Gasteiger partial charge < -0.3 is 5.32 Å². The van der Waals surface area contributed by atoms with Crippen molar-refractivity contribution in [3.63, 3.8) is 0 Å². The molecule has 0 radical (unpaired) electrons. The van der Waals surface area contributed by atoms with Gasteiger partial charge in [-0.15, -0.1) is 0 Å². The highest BCUT2D eigenvalue weighted by atomic mass is 19.1. The van der Waals surface area contributed by atoms with Crippen LogP contribution in [-0.2, 0) is 4.79 Å². The molecule has 1 amide bonds. The van der Waals surface area contributed by atoms with Gasteiger partial charge in [-0.05, 0) is 23.8 Å². The molecule has 0 fully saturated rings. The SMILES string of the molecule is CNC(=O)/C=C\c1ccc(F)cc1. The summed E-state index contributed by atoms with van der Waals surface area (Å²) in [5, 5.41) is 2.45. The molecule has 2 nitrogen and oxygen atoms in total. The topological polar surface area (TPSA) is 29.1 Å². The molecule has 0 heterocycles. The standard InChI is InChI=1S/C10H10FNO/c1-12-10(13)7-4-8-2-5-9(11)6-3-8/h2-7H,1H3,(H,12,13)/b7-4-. The van der Waals surface area contributed by atoms with Gasteiger partial charge in [0.25, 0.3) is 0 Å². The summed E-state index contributed by atoms with van der Waals surface area (Å²) in [6, 6.07) is 5.91. The summed E-state index contributed by atoms with van der Waals surface area (Å²) in [4.78, 5) is 10.8. The van der Waals surface area contributed by atoms with Crippen molar-refractivity contribution < 1.29 is 9.18 Å². The van der Waals surface area contributed by atoms with Crippen molar-refractivity contribution in [1.29, 1.82) is 0 Å². The van der Waals surface area contributed by atoms with E-state index in [-0.39, 0.29) is 11.7 Å². The van der Waals surface area contributed by atoms with Crippen LogP contribution in [0, 0.1) is 5.82 Å². The Balaban J connectivity index is 2.69. The monoisotopic (exact) mass is 179 g/mol. The Labute approximate surface area is 76.1 Å². The van der Waals surface area contributed by atoms with Crippen LogP contribution in [0.15, 0.2) is 30.3 Å². The number of carbonyl (C=O) groups excluding carboxylic acids is 1. The maximum Gasteiger partial charge on any atom is 0.243 e. The number of amides is 1. The number of hydrogen-bond acceptors (Lipinski definition) is 1. The van der Waals surface area contributed by atoms with Crippen LogP contribution in [0.25, 0.3) is 6.08 Å². The van der Waals surface area contributed by atoms with Gasteiger partial charge in [-0.25, -0.2) is 4.39 Å². The summed E-state index contributed by atoms with van der Waals surface area (Å²) in [6.07, 6.45) is 3.02. The van der Waals surface area contributed by atoms with E-state index in [1.165, 1.54) is 18.2 Å². The van der Waals surface area contributed by atoms with Crippen molar-refractivity contribution in [2.75, 3.05) is 7.05 Å². The summed E-state index contributed by atoms with van der Waals surface area (Å²) in [5.41, 5.74) is 0.796. The Hall–Kier alpha value is -1.64. The van der Waals surface area contributed by atoms with Crippen molar-refractivity contribution in [2.24, 2.45) is 0 Å². The first-order valence-electron chi connectivity index (χ1n) is 3.88. The lowest BCUT2D eigenvalue weighted by atomic mass is 10.2. The van der Waals surface area contributed by atoms with Crippen molar-refractivity contribution in [3.8, 4) is 0 Å². The lowest BCUT2D eigenvalue weighted by Gasteiger charge is -1.92.